The van der Waals surface area contributed by atoms with E-state index in [9.17, 15) is 4.79 Å². The van der Waals surface area contributed by atoms with Crippen LogP contribution in [-0.4, -0.2) is 5.78 Å². The van der Waals surface area contributed by atoms with Crippen molar-refractivity contribution in [2.45, 2.75) is 58.3 Å². The Hall–Kier alpha value is -1.11. The van der Waals surface area contributed by atoms with E-state index in [2.05, 4.69) is 32.9 Å². The Labute approximate surface area is 111 Å². The van der Waals surface area contributed by atoms with Crippen molar-refractivity contribution in [2.24, 2.45) is 5.92 Å². The molecule has 0 atom stereocenters. The molecule has 2 rings (SSSR count). The van der Waals surface area contributed by atoms with Crippen LogP contribution in [0.1, 0.15) is 68.8 Å². The topological polar surface area (TPSA) is 17.1 Å². The van der Waals surface area contributed by atoms with Crippen LogP contribution in [0.25, 0.3) is 0 Å². The summed E-state index contributed by atoms with van der Waals surface area (Å²) in [4.78, 5) is 12.2. The molecule has 0 saturated heterocycles. The second-order valence-electron chi connectivity index (χ2n) is 6.61. The monoisotopic (exact) mass is 244 g/mol. The third-order valence-electron chi connectivity index (χ3n) is 4.02. The van der Waals surface area contributed by atoms with Gasteiger partial charge in [-0.1, -0.05) is 70.7 Å². The van der Waals surface area contributed by atoms with E-state index in [0.717, 1.165) is 12.0 Å². The molecule has 1 fully saturated rings. The van der Waals surface area contributed by atoms with Gasteiger partial charge in [0.05, 0.1) is 0 Å². The van der Waals surface area contributed by atoms with E-state index in [1.807, 2.05) is 12.1 Å². The highest BCUT2D eigenvalue weighted by Crippen LogP contribution is 2.29. The van der Waals surface area contributed by atoms with Crippen molar-refractivity contribution < 1.29 is 4.79 Å². The lowest BCUT2D eigenvalue weighted by molar-refractivity contribution is 0.0962. The van der Waals surface area contributed by atoms with Gasteiger partial charge in [-0.3, -0.25) is 4.79 Å². The van der Waals surface area contributed by atoms with Crippen molar-refractivity contribution in [3.05, 3.63) is 35.4 Å². The van der Waals surface area contributed by atoms with Gasteiger partial charge in [0.2, 0.25) is 0 Å². The number of hydrogen-bond donors (Lipinski definition) is 0. The third kappa shape index (κ3) is 3.22. The van der Waals surface area contributed by atoms with Gasteiger partial charge in [0, 0.05) is 12.0 Å². The van der Waals surface area contributed by atoms with Gasteiger partial charge in [-0.25, -0.2) is 0 Å². The molecule has 1 nitrogen and oxygen atoms in total. The molecular formula is C17H24O. The molecule has 0 unspecified atom stereocenters. The lowest BCUT2D eigenvalue weighted by Crippen LogP contribution is -2.12. The minimum Gasteiger partial charge on any atom is -0.294 e. The molecule has 0 bridgehead atoms. The predicted octanol–water partition coefficient (Wildman–Crippen LogP) is 4.75. The Balaban J connectivity index is 2.02. The summed E-state index contributed by atoms with van der Waals surface area (Å²) in [6.07, 6.45) is 5.84. The van der Waals surface area contributed by atoms with E-state index in [0.29, 0.717) is 11.7 Å². The highest BCUT2D eigenvalue weighted by Gasteiger charge is 2.20. The number of carbonyl (C=O) groups excluding carboxylic acids is 1. The van der Waals surface area contributed by atoms with Gasteiger partial charge >= 0.3 is 0 Å². The quantitative estimate of drug-likeness (QED) is 0.701. The number of ketones is 1. The molecule has 0 aliphatic heterocycles. The summed E-state index contributed by atoms with van der Waals surface area (Å²) in [6, 6.07) is 8.19. The summed E-state index contributed by atoms with van der Waals surface area (Å²) in [5.41, 5.74) is 2.34. The van der Waals surface area contributed by atoms with Gasteiger partial charge in [0.1, 0.15) is 0 Å². The molecule has 1 aliphatic carbocycles. The van der Waals surface area contributed by atoms with Gasteiger partial charge in [-0.2, -0.15) is 0 Å². The van der Waals surface area contributed by atoms with Crippen LogP contribution in [0, 0.1) is 5.92 Å². The first kappa shape index (κ1) is 13.3. The molecule has 1 saturated carbocycles. The fourth-order valence-corrected chi connectivity index (χ4v) is 2.75. The summed E-state index contributed by atoms with van der Waals surface area (Å²) in [6.45, 7) is 6.59. The maximum atomic E-state index is 12.2. The zero-order valence-corrected chi connectivity index (χ0v) is 11.8. The highest BCUT2D eigenvalue weighted by atomic mass is 16.1. The summed E-state index contributed by atoms with van der Waals surface area (Å²) in [5.74, 6) is 0.960. The van der Waals surface area contributed by atoms with E-state index in [4.69, 9.17) is 0 Å². The highest BCUT2D eigenvalue weighted by molar-refractivity contribution is 5.96. The van der Waals surface area contributed by atoms with Gasteiger partial charge in [-0.15, -0.1) is 0 Å². The summed E-state index contributed by atoms with van der Waals surface area (Å²) < 4.78 is 0. The molecule has 1 aromatic carbocycles. The SMILES string of the molecule is CC(C)(C)c1ccc(C(=O)CC2CCCC2)cc1. The summed E-state index contributed by atoms with van der Waals surface area (Å²) in [7, 11) is 0. The van der Waals surface area contributed by atoms with Crippen LogP contribution < -0.4 is 0 Å². The van der Waals surface area contributed by atoms with Gasteiger partial charge in [0.15, 0.2) is 5.78 Å². The van der Waals surface area contributed by atoms with Crippen molar-refractivity contribution in [3.63, 3.8) is 0 Å². The lowest BCUT2D eigenvalue weighted by atomic mass is 9.86. The van der Waals surface area contributed by atoms with E-state index in [1.54, 1.807) is 0 Å². The van der Waals surface area contributed by atoms with E-state index in [1.165, 1.54) is 31.2 Å². The maximum absolute atomic E-state index is 12.2. The number of benzene rings is 1. The van der Waals surface area contributed by atoms with Crippen LogP contribution in [-0.2, 0) is 5.41 Å². The zero-order valence-electron chi connectivity index (χ0n) is 11.8. The van der Waals surface area contributed by atoms with Crippen LogP contribution >= 0.6 is 0 Å². The zero-order chi connectivity index (χ0) is 13.2. The first-order chi connectivity index (χ1) is 8.47. The first-order valence-corrected chi connectivity index (χ1v) is 7.10. The molecule has 1 aliphatic rings. The Morgan fingerprint density at radius 2 is 1.67 bits per heavy atom. The Morgan fingerprint density at radius 3 is 2.17 bits per heavy atom. The van der Waals surface area contributed by atoms with Crippen molar-refractivity contribution in [1.29, 1.82) is 0 Å². The molecular weight excluding hydrogens is 220 g/mol. The number of Topliss-reactive ketones (excluding diaryl/α,β-unsaturated/α-hetero) is 1. The van der Waals surface area contributed by atoms with Crippen molar-refractivity contribution in [3.8, 4) is 0 Å². The van der Waals surface area contributed by atoms with Gasteiger partial charge in [0.25, 0.3) is 0 Å². The lowest BCUT2D eigenvalue weighted by Gasteiger charge is -2.19. The molecule has 0 radical (unpaired) electrons. The summed E-state index contributed by atoms with van der Waals surface area (Å²) >= 11 is 0. The van der Waals surface area contributed by atoms with Crippen molar-refractivity contribution in [2.75, 3.05) is 0 Å². The van der Waals surface area contributed by atoms with Crippen molar-refractivity contribution >= 4 is 5.78 Å². The third-order valence-corrected chi connectivity index (χ3v) is 4.02. The predicted molar refractivity (Wildman–Crippen MR) is 76.0 cm³/mol. The van der Waals surface area contributed by atoms with Crippen LogP contribution in [0.5, 0.6) is 0 Å². The van der Waals surface area contributed by atoms with Gasteiger partial charge in [-0.05, 0) is 16.9 Å². The Kier molecular flexibility index (Phi) is 3.89. The number of carbonyl (C=O) groups is 1. The number of hydrogen-bond acceptors (Lipinski definition) is 1. The molecule has 0 aromatic heterocycles. The Bertz CT molecular complexity index is 402. The van der Waals surface area contributed by atoms with Crippen LogP contribution in [0.3, 0.4) is 0 Å². The molecule has 0 spiro atoms. The summed E-state index contributed by atoms with van der Waals surface area (Å²) in [5, 5.41) is 0. The minimum atomic E-state index is 0.160. The average molecular weight is 244 g/mol. The smallest absolute Gasteiger partial charge is 0.163 e. The first-order valence-electron chi connectivity index (χ1n) is 7.10. The second kappa shape index (κ2) is 5.26. The van der Waals surface area contributed by atoms with Gasteiger partial charge < -0.3 is 0 Å². The number of rotatable bonds is 3. The minimum absolute atomic E-state index is 0.160. The van der Waals surface area contributed by atoms with E-state index in [-0.39, 0.29) is 5.41 Å². The van der Waals surface area contributed by atoms with E-state index < -0.39 is 0 Å². The molecule has 0 heterocycles. The molecule has 0 N–H and O–H groups in total. The van der Waals surface area contributed by atoms with Crippen LogP contribution in [0.15, 0.2) is 24.3 Å². The average Bonchev–Trinajstić information content (AvgIpc) is 2.81. The largest absolute Gasteiger partial charge is 0.294 e. The fraction of sp³-hybridized carbons (Fsp3) is 0.588. The van der Waals surface area contributed by atoms with Crippen molar-refractivity contribution in [1.82, 2.24) is 0 Å². The molecule has 1 heteroatoms. The fourth-order valence-electron chi connectivity index (χ4n) is 2.75. The Morgan fingerprint density at radius 1 is 1.11 bits per heavy atom. The molecule has 1 aromatic rings. The normalized spacial score (nSPS) is 17.1. The second-order valence-corrected chi connectivity index (χ2v) is 6.61. The van der Waals surface area contributed by atoms with Crippen LogP contribution in [0.2, 0.25) is 0 Å². The standard InChI is InChI=1S/C17H24O/c1-17(2,3)15-10-8-14(9-11-15)16(18)12-13-6-4-5-7-13/h8-11,13H,4-7,12H2,1-3H3. The van der Waals surface area contributed by atoms with E-state index >= 15 is 0 Å². The maximum Gasteiger partial charge on any atom is 0.163 e. The molecule has 18 heavy (non-hydrogen) atoms. The molecule has 98 valence electrons. The molecule has 0 amide bonds. The van der Waals surface area contributed by atoms with Crippen LogP contribution in [0.4, 0.5) is 0 Å².